The highest BCUT2D eigenvalue weighted by atomic mass is 79.9. The molecular formula is C15H12BrClN2O. The Kier molecular flexibility index (Phi) is 3.44. The Bertz CT molecular complexity index is 798. The van der Waals surface area contributed by atoms with Crippen LogP contribution in [0.1, 0.15) is 5.56 Å². The number of methoxy groups -OCH3 is 1. The van der Waals surface area contributed by atoms with Crippen LogP contribution in [0.5, 0.6) is 5.75 Å². The van der Waals surface area contributed by atoms with Gasteiger partial charge in [0.1, 0.15) is 11.6 Å². The summed E-state index contributed by atoms with van der Waals surface area (Å²) >= 11 is 9.49. The number of imidazole rings is 1. The molecule has 1 aromatic heterocycles. The van der Waals surface area contributed by atoms with Gasteiger partial charge >= 0.3 is 0 Å². The van der Waals surface area contributed by atoms with Crippen molar-refractivity contribution in [3.8, 4) is 17.1 Å². The van der Waals surface area contributed by atoms with Crippen LogP contribution in [-0.2, 0) is 0 Å². The summed E-state index contributed by atoms with van der Waals surface area (Å²) < 4.78 is 6.41. The third-order valence-electron chi connectivity index (χ3n) is 3.16. The van der Waals surface area contributed by atoms with Gasteiger partial charge in [-0.2, -0.15) is 0 Å². The lowest BCUT2D eigenvalue weighted by Gasteiger charge is -2.06. The van der Waals surface area contributed by atoms with Crippen LogP contribution >= 0.6 is 27.5 Å². The van der Waals surface area contributed by atoms with Crippen molar-refractivity contribution >= 4 is 38.6 Å². The zero-order chi connectivity index (χ0) is 14.3. The SMILES string of the molecule is COc1cc(Cl)ccc1-c1nc2c(C)cc(Br)cc2[nH]1. The van der Waals surface area contributed by atoms with Crippen molar-refractivity contribution in [1.29, 1.82) is 0 Å². The molecule has 0 amide bonds. The lowest BCUT2D eigenvalue weighted by molar-refractivity contribution is 0.416. The Morgan fingerprint density at radius 3 is 2.80 bits per heavy atom. The number of halogens is 2. The monoisotopic (exact) mass is 350 g/mol. The Labute approximate surface area is 130 Å². The van der Waals surface area contributed by atoms with Crippen LogP contribution in [0.2, 0.25) is 5.02 Å². The van der Waals surface area contributed by atoms with E-state index in [0.29, 0.717) is 10.8 Å². The molecule has 0 spiro atoms. The highest BCUT2D eigenvalue weighted by Gasteiger charge is 2.12. The molecule has 102 valence electrons. The van der Waals surface area contributed by atoms with Gasteiger partial charge < -0.3 is 9.72 Å². The van der Waals surface area contributed by atoms with Crippen LogP contribution in [0, 0.1) is 6.92 Å². The summed E-state index contributed by atoms with van der Waals surface area (Å²) in [6, 6.07) is 9.58. The maximum absolute atomic E-state index is 5.99. The Morgan fingerprint density at radius 1 is 1.25 bits per heavy atom. The van der Waals surface area contributed by atoms with E-state index in [9.17, 15) is 0 Å². The predicted molar refractivity (Wildman–Crippen MR) is 85.5 cm³/mol. The van der Waals surface area contributed by atoms with Crippen LogP contribution in [0.3, 0.4) is 0 Å². The molecule has 0 radical (unpaired) electrons. The van der Waals surface area contributed by atoms with Gasteiger partial charge in [-0.05, 0) is 42.8 Å². The van der Waals surface area contributed by atoms with Crippen molar-refractivity contribution in [3.05, 3.63) is 45.4 Å². The number of fused-ring (bicyclic) bond motifs is 1. The van der Waals surface area contributed by atoms with E-state index in [-0.39, 0.29) is 0 Å². The summed E-state index contributed by atoms with van der Waals surface area (Å²) in [7, 11) is 1.62. The van der Waals surface area contributed by atoms with E-state index in [2.05, 4.69) is 25.9 Å². The smallest absolute Gasteiger partial charge is 0.142 e. The second-order valence-corrected chi connectivity index (χ2v) is 5.90. The fourth-order valence-electron chi connectivity index (χ4n) is 2.23. The number of ether oxygens (including phenoxy) is 1. The van der Waals surface area contributed by atoms with Gasteiger partial charge in [0, 0.05) is 9.50 Å². The van der Waals surface area contributed by atoms with Gasteiger partial charge in [-0.25, -0.2) is 4.98 Å². The molecule has 1 N–H and O–H groups in total. The second kappa shape index (κ2) is 5.11. The molecule has 1 heterocycles. The van der Waals surface area contributed by atoms with Crippen molar-refractivity contribution in [1.82, 2.24) is 9.97 Å². The minimum absolute atomic E-state index is 0.639. The molecule has 0 saturated carbocycles. The van der Waals surface area contributed by atoms with Crippen molar-refractivity contribution in [3.63, 3.8) is 0 Å². The molecule has 0 aliphatic carbocycles. The molecule has 5 heteroatoms. The van der Waals surface area contributed by atoms with Gasteiger partial charge in [0.15, 0.2) is 0 Å². The van der Waals surface area contributed by atoms with E-state index in [0.717, 1.165) is 32.5 Å². The first-order valence-corrected chi connectivity index (χ1v) is 7.25. The average Bonchev–Trinajstić information content (AvgIpc) is 2.82. The molecule has 0 unspecified atom stereocenters. The van der Waals surface area contributed by atoms with Gasteiger partial charge in [0.2, 0.25) is 0 Å². The highest BCUT2D eigenvalue weighted by Crippen LogP contribution is 2.33. The standard InChI is InChI=1S/C15H12BrClN2O/c1-8-5-9(16)6-12-14(8)19-15(18-12)11-4-3-10(17)7-13(11)20-2/h3-7H,1-2H3,(H,18,19). The van der Waals surface area contributed by atoms with E-state index in [1.807, 2.05) is 31.2 Å². The van der Waals surface area contributed by atoms with Crippen molar-refractivity contribution in [2.75, 3.05) is 7.11 Å². The van der Waals surface area contributed by atoms with Gasteiger partial charge in [0.25, 0.3) is 0 Å². The third-order valence-corrected chi connectivity index (χ3v) is 3.85. The summed E-state index contributed by atoms with van der Waals surface area (Å²) in [4.78, 5) is 7.99. The number of hydrogen-bond acceptors (Lipinski definition) is 2. The number of aryl methyl sites for hydroxylation is 1. The molecule has 0 aliphatic heterocycles. The zero-order valence-electron chi connectivity index (χ0n) is 11.0. The fourth-order valence-corrected chi connectivity index (χ4v) is 2.97. The summed E-state index contributed by atoms with van der Waals surface area (Å²) in [5.74, 6) is 1.47. The number of benzene rings is 2. The zero-order valence-corrected chi connectivity index (χ0v) is 13.3. The topological polar surface area (TPSA) is 37.9 Å². The lowest BCUT2D eigenvalue weighted by atomic mass is 10.2. The number of rotatable bonds is 2. The molecule has 0 saturated heterocycles. The maximum Gasteiger partial charge on any atom is 0.142 e. The van der Waals surface area contributed by atoms with Crippen molar-refractivity contribution < 1.29 is 4.74 Å². The van der Waals surface area contributed by atoms with Gasteiger partial charge in [0.05, 0.1) is 23.7 Å². The van der Waals surface area contributed by atoms with Crippen LogP contribution in [0.25, 0.3) is 22.4 Å². The average molecular weight is 352 g/mol. The molecule has 2 aromatic carbocycles. The van der Waals surface area contributed by atoms with Crippen molar-refractivity contribution in [2.24, 2.45) is 0 Å². The summed E-state index contributed by atoms with van der Waals surface area (Å²) in [6.07, 6.45) is 0. The number of hydrogen-bond donors (Lipinski definition) is 1. The number of H-pyrrole nitrogens is 1. The van der Waals surface area contributed by atoms with Crippen LogP contribution in [0.4, 0.5) is 0 Å². The first kappa shape index (κ1) is 13.5. The maximum atomic E-state index is 5.99. The number of nitrogens with one attached hydrogen (secondary N) is 1. The van der Waals surface area contributed by atoms with Crippen molar-refractivity contribution in [2.45, 2.75) is 6.92 Å². The number of nitrogens with zero attached hydrogens (tertiary/aromatic N) is 1. The lowest BCUT2D eigenvalue weighted by Crippen LogP contribution is -1.89. The molecule has 0 bridgehead atoms. The molecule has 20 heavy (non-hydrogen) atoms. The summed E-state index contributed by atoms with van der Waals surface area (Å²) in [5, 5.41) is 0.639. The third kappa shape index (κ3) is 2.30. The van der Waals surface area contributed by atoms with Gasteiger partial charge in [-0.1, -0.05) is 27.5 Å². The van der Waals surface area contributed by atoms with Crippen LogP contribution < -0.4 is 4.74 Å². The Hall–Kier alpha value is -1.52. The predicted octanol–water partition coefficient (Wildman–Crippen LogP) is 4.96. The first-order valence-electron chi connectivity index (χ1n) is 6.08. The normalized spacial score (nSPS) is 11.0. The van der Waals surface area contributed by atoms with E-state index < -0.39 is 0 Å². The summed E-state index contributed by atoms with van der Waals surface area (Å²) in [5.41, 5.74) is 3.96. The first-order chi connectivity index (χ1) is 9.58. The number of aromatic amines is 1. The van der Waals surface area contributed by atoms with Gasteiger partial charge in [-0.3, -0.25) is 0 Å². The molecule has 3 rings (SSSR count). The second-order valence-electron chi connectivity index (χ2n) is 4.55. The van der Waals surface area contributed by atoms with E-state index in [1.165, 1.54) is 0 Å². The number of aromatic nitrogens is 2. The fraction of sp³-hybridized carbons (Fsp3) is 0.133. The molecule has 0 aliphatic rings. The highest BCUT2D eigenvalue weighted by molar-refractivity contribution is 9.10. The van der Waals surface area contributed by atoms with Crippen LogP contribution in [0.15, 0.2) is 34.8 Å². The van der Waals surface area contributed by atoms with Gasteiger partial charge in [-0.15, -0.1) is 0 Å². The Balaban J connectivity index is 2.22. The largest absolute Gasteiger partial charge is 0.496 e. The summed E-state index contributed by atoms with van der Waals surface area (Å²) in [6.45, 7) is 2.04. The molecule has 0 atom stereocenters. The minimum Gasteiger partial charge on any atom is -0.496 e. The molecule has 0 fully saturated rings. The quantitative estimate of drug-likeness (QED) is 0.708. The Morgan fingerprint density at radius 2 is 2.05 bits per heavy atom. The molecule has 3 nitrogen and oxygen atoms in total. The van der Waals surface area contributed by atoms with E-state index in [1.54, 1.807) is 13.2 Å². The minimum atomic E-state index is 0.639. The molecule has 3 aromatic rings. The van der Waals surface area contributed by atoms with E-state index in [4.69, 9.17) is 16.3 Å². The van der Waals surface area contributed by atoms with Crippen LogP contribution in [-0.4, -0.2) is 17.1 Å². The molecular weight excluding hydrogens is 340 g/mol. The van der Waals surface area contributed by atoms with E-state index >= 15 is 0 Å².